The molecule has 0 amide bonds. The van der Waals surface area contributed by atoms with Gasteiger partial charge in [-0.25, -0.2) is 0 Å². The third kappa shape index (κ3) is 1.80. The quantitative estimate of drug-likeness (QED) is 0.677. The van der Waals surface area contributed by atoms with E-state index in [-0.39, 0.29) is 0 Å². The van der Waals surface area contributed by atoms with Gasteiger partial charge in [0.2, 0.25) is 0 Å². The fourth-order valence-corrected chi connectivity index (χ4v) is 4.19. The number of likely N-dealkylation sites (tertiary alicyclic amines) is 1. The summed E-state index contributed by atoms with van der Waals surface area (Å²) in [4.78, 5) is 2.71. The van der Waals surface area contributed by atoms with Crippen LogP contribution in [0.15, 0.2) is 0 Å². The van der Waals surface area contributed by atoms with Gasteiger partial charge < -0.3 is 5.32 Å². The van der Waals surface area contributed by atoms with Crippen molar-refractivity contribution in [2.24, 2.45) is 5.41 Å². The molecule has 0 aromatic heterocycles. The van der Waals surface area contributed by atoms with Gasteiger partial charge in [-0.15, -0.1) is 0 Å². The van der Waals surface area contributed by atoms with Gasteiger partial charge in [-0.2, -0.15) is 0 Å². The summed E-state index contributed by atoms with van der Waals surface area (Å²) < 4.78 is 0. The van der Waals surface area contributed by atoms with Crippen LogP contribution >= 0.6 is 0 Å². The minimum absolute atomic E-state index is 0.368. The van der Waals surface area contributed by atoms with Crippen molar-refractivity contribution < 1.29 is 0 Å². The Hall–Kier alpha value is -0.0800. The minimum atomic E-state index is 0.368. The molecule has 0 aliphatic carbocycles. The molecule has 0 aromatic carbocycles. The fraction of sp³-hybridized carbons (Fsp3) is 1.00. The molecular formula is C14H26N2. The average molecular weight is 222 g/mol. The highest BCUT2D eigenvalue weighted by molar-refractivity contribution is 5.04. The molecule has 0 aromatic rings. The topological polar surface area (TPSA) is 15.3 Å². The minimum Gasteiger partial charge on any atom is -0.311 e. The number of fused-ring (bicyclic) bond motifs is 2. The number of nitrogens with zero attached hydrogens (tertiary/aromatic N) is 1. The van der Waals surface area contributed by atoms with E-state index in [9.17, 15) is 0 Å². The van der Waals surface area contributed by atoms with E-state index in [2.05, 4.69) is 31.0 Å². The lowest BCUT2D eigenvalue weighted by Crippen LogP contribution is -2.47. The average Bonchev–Trinajstić information content (AvgIpc) is 2.71. The van der Waals surface area contributed by atoms with E-state index in [1.54, 1.807) is 0 Å². The Kier molecular flexibility index (Phi) is 2.38. The summed E-state index contributed by atoms with van der Waals surface area (Å²) >= 11 is 0. The van der Waals surface area contributed by atoms with E-state index in [0.29, 0.717) is 11.0 Å². The summed E-state index contributed by atoms with van der Waals surface area (Å²) in [5.41, 5.74) is 1.04. The highest BCUT2D eigenvalue weighted by Gasteiger charge is 2.48. The number of rotatable bonds is 0. The van der Waals surface area contributed by atoms with Crippen LogP contribution in [0.5, 0.6) is 0 Å². The summed E-state index contributed by atoms with van der Waals surface area (Å²) in [6.45, 7) is 9.76. The predicted octanol–water partition coefficient (Wildman–Crippen LogP) is 2.39. The fourth-order valence-electron chi connectivity index (χ4n) is 4.19. The summed E-state index contributed by atoms with van der Waals surface area (Å²) in [5.74, 6) is 0. The van der Waals surface area contributed by atoms with Gasteiger partial charge >= 0.3 is 0 Å². The van der Waals surface area contributed by atoms with E-state index in [4.69, 9.17) is 0 Å². The van der Waals surface area contributed by atoms with Crippen molar-refractivity contribution in [3.8, 4) is 0 Å². The van der Waals surface area contributed by atoms with E-state index >= 15 is 0 Å². The second-order valence-corrected chi connectivity index (χ2v) is 7.39. The molecule has 2 heteroatoms. The second kappa shape index (κ2) is 3.46. The lowest BCUT2D eigenvalue weighted by atomic mass is 9.75. The molecule has 3 aliphatic heterocycles. The lowest BCUT2D eigenvalue weighted by Gasteiger charge is -2.40. The van der Waals surface area contributed by atoms with E-state index in [1.165, 1.54) is 45.2 Å². The van der Waals surface area contributed by atoms with Crippen molar-refractivity contribution in [1.82, 2.24) is 10.2 Å². The Labute approximate surface area is 99.8 Å². The summed E-state index contributed by atoms with van der Waals surface area (Å²) in [6, 6.07) is 1.69. The van der Waals surface area contributed by atoms with Gasteiger partial charge in [0.05, 0.1) is 0 Å². The first-order chi connectivity index (χ1) is 7.47. The molecule has 2 bridgehead atoms. The monoisotopic (exact) mass is 222 g/mol. The lowest BCUT2D eigenvalue weighted by molar-refractivity contribution is 0.116. The van der Waals surface area contributed by atoms with Crippen molar-refractivity contribution in [3.63, 3.8) is 0 Å². The largest absolute Gasteiger partial charge is 0.311 e. The second-order valence-electron chi connectivity index (χ2n) is 7.39. The maximum atomic E-state index is 3.78. The Bertz CT molecular complexity index is 267. The maximum Gasteiger partial charge on any atom is 0.0125 e. The molecule has 3 saturated heterocycles. The zero-order chi connectivity index (χ0) is 11.4. The van der Waals surface area contributed by atoms with Crippen molar-refractivity contribution in [2.75, 3.05) is 13.1 Å². The summed E-state index contributed by atoms with van der Waals surface area (Å²) in [5, 5.41) is 3.78. The predicted molar refractivity (Wildman–Crippen MR) is 67.6 cm³/mol. The Morgan fingerprint density at radius 3 is 2.25 bits per heavy atom. The molecular weight excluding hydrogens is 196 g/mol. The molecule has 0 saturated carbocycles. The van der Waals surface area contributed by atoms with Gasteiger partial charge in [0.1, 0.15) is 0 Å². The van der Waals surface area contributed by atoms with Crippen molar-refractivity contribution in [3.05, 3.63) is 0 Å². The number of hydrogen-bond donors (Lipinski definition) is 1. The molecule has 16 heavy (non-hydrogen) atoms. The van der Waals surface area contributed by atoms with Crippen LogP contribution < -0.4 is 5.32 Å². The molecule has 2 unspecified atom stereocenters. The SMILES string of the molecule is CC(C)(C)N1CCC2(CC3CCC(C2)N3)C1. The molecule has 1 spiro atoms. The van der Waals surface area contributed by atoms with Gasteiger partial charge in [-0.05, 0) is 64.8 Å². The van der Waals surface area contributed by atoms with Crippen molar-refractivity contribution >= 4 is 0 Å². The number of hydrogen-bond acceptors (Lipinski definition) is 2. The Balaban J connectivity index is 1.72. The van der Waals surface area contributed by atoms with E-state index in [1.807, 2.05) is 0 Å². The van der Waals surface area contributed by atoms with Gasteiger partial charge in [-0.3, -0.25) is 4.90 Å². The molecule has 1 N–H and O–H groups in total. The van der Waals surface area contributed by atoms with E-state index in [0.717, 1.165) is 12.1 Å². The van der Waals surface area contributed by atoms with E-state index < -0.39 is 0 Å². The highest BCUT2D eigenvalue weighted by atomic mass is 15.2. The van der Waals surface area contributed by atoms with Gasteiger partial charge in [0.15, 0.2) is 0 Å². The zero-order valence-corrected chi connectivity index (χ0v) is 11.1. The van der Waals surface area contributed by atoms with Gasteiger partial charge in [0.25, 0.3) is 0 Å². The molecule has 2 atom stereocenters. The van der Waals surface area contributed by atoms with Gasteiger partial charge in [0, 0.05) is 24.2 Å². The molecule has 92 valence electrons. The first kappa shape index (κ1) is 11.0. The van der Waals surface area contributed by atoms with Crippen LogP contribution in [0.25, 0.3) is 0 Å². The Morgan fingerprint density at radius 1 is 1.12 bits per heavy atom. The van der Waals surface area contributed by atoms with Crippen LogP contribution in [0.4, 0.5) is 0 Å². The molecule has 3 rings (SSSR count). The molecule has 3 aliphatic rings. The van der Waals surface area contributed by atoms with Crippen LogP contribution in [0.2, 0.25) is 0 Å². The third-order valence-corrected chi connectivity index (χ3v) is 5.08. The van der Waals surface area contributed by atoms with Gasteiger partial charge in [-0.1, -0.05) is 0 Å². The third-order valence-electron chi connectivity index (χ3n) is 5.08. The van der Waals surface area contributed by atoms with Crippen LogP contribution in [0.3, 0.4) is 0 Å². The molecule has 3 fully saturated rings. The summed E-state index contributed by atoms with van der Waals surface area (Å²) in [6.07, 6.45) is 7.19. The van der Waals surface area contributed by atoms with Crippen LogP contribution in [-0.2, 0) is 0 Å². The molecule has 3 heterocycles. The highest BCUT2D eigenvalue weighted by Crippen LogP contribution is 2.47. The standard InChI is InChI=1S/C14H26N2/c1-13(2,3)16-7-6-14(10-16)8-11-4-5-12(9-14)15-11/h11-12,15H,4-10H2,1-3H3. The van der Waals surface area contributed by atoms with Crippen LogP contribution in [-0.4, -0.2) is 35.6 Å². The smallest absolute Gasteiger partial charge is 0.0125 e. The van der Waals surface area contributed by atoms with Crippen molar-refractivity contribution in [2.45, 2.75) is 70.5 Å². The maximum absolute atomic E-state index is 3.78. The summed E-state index contributed by atoms with van der Waals surface area (Å²) in [7, 11) is 0. The van der Waals surface area contributed by atoms with Crippen molar-refractivity contribution in [1.29, 1.82) is 0 Å². The zero-order valence-electron chi connectivity index (χ0n) is 11.1. The molecule has 0 radical (unpaired) electrons. The Morgan fingerprint density at radius 2 is 1.75 bits per heavy atom. The number of nitrogens with one attached hydrogen (secondary N) is 1. The number of piperidine rings is 1. The molecule has 2 nitrogen and oxygen atoms in total. The first-order valence-corrected chi connectivity index (χ1v) is 6.98. The van der Waals surface area contributed by atoms with Crippen LogP contribution in [0, 0.1) is 5.41 Å². The van der Waals surface area contributed by atoms with Crippen LogP contribution in [0.1, 0.15) is 52.9 Å². The first-order valence-electron chi connectivity index (χ1n) is 6.98. The normalized spacial score (nSPS) is 44.4.